The van der Waals surface area contributed by atoms with Gasteiger partial charge in [-0.1, -0.05) is 23.5 Å². The number of para-hydroxylation sites is 1. The Morgan fingerprint density at radius 2 is 2.03 bits per heavy atom. The van der Waals surface area contributed by atoms with Crippen LogP contribution in [0.25, 0.3) is 10.9 Å². The maximum Gasteiger partial charge on any atom is 0.225 e. The van der Waals surface area contributed by atoms with Gasteiger partial charge in [-0.25, -0.2) is 9.97 Å². The highest BCUT2D eigenvalue weighted by molar-refractivity contribution is 7.15. The molecule has 3 fully saturated rings. The van der Waals surface area contributed by atoms with Crippen molar-refractivity contribution in [2.45, 2.75) is 68.8 Å². The van der Waals surface area contributed by atoms with Gasteiger partial charge >= 0.3 is 0 Å². The van der Waals surface area contributed by atoms with E-state index in [4.69, 9.17) is 15.2 Å². The van der Waals surface area contributed by atoms with Crippen molar-refractivity contribution in [3.63, 3.8) is 0 Å². The van der Waals surface area contributed by atoms with Crippen molar-refractivity contribution >= 4 is 39.1 Å². The molecule has 1 aromatic carbocycles. The van der Waals surface area contributed by atoms with Gasteiger partial charge in [0.25, 0.3) is 0 Å². The molecule has 3 saturated heterocycles. The summed E-state index contributed by atoms with van der Waals surface area (Å²) >= 11 is 1.42. The van der Waals surface area contributed by atoms with Gasteiger partial charge in [-0.2, -0.15) is 10.2 Å². The lowest BCUT2D eigenvalue weighted by molar-refractivity contribution is -0.222. The van der Waals surface area contributed by atoms with E-state index in [-0.39, 0.29) is 6.61 Å². The fourth-order valence-electron chi connectivity index (χ4n) is 6.06. The SMILES string of the molecule is N#CCCC12C[C@H]3C[C@H](Nc4nc(Nc5ncc(CO)s5)c5ccccc5n4)C[C@@H](C1)N32. The van der Waals surface area contributed by atoms with Crippen LogP contribution >= 0.6 is 11.3 Å². The molecule has 3 aliphatic rings. The predicted molar refractivity (Wildman–Crippen MR) is 124 cm³/mol. The molecule has 0 amide bonds. The van der Waals surface area contributed by atoms with Gasteiger partial charge in [0.2, 0.25) is 5.95 Å². The van der Waals surface area contributed by atoms with E-state index in [1.807, 2.05) is 24.3 Å². The second-order valence-corrected chi connectivity index (χ2v) is 10.3. The number of aliphatic hydroxyl groups excluding tert-OH is 1. The molecular formula is C23H25N7OS. The molecule has 3 aliphatic heterocycles. The minimum Gasteiger partial charge on any atom is -0.391 e. The Bertz CT molecular complexity index is 1190. The lowest BCUT2D eigenvalue weighted by Gasteiger charge is -2.74. The highest BCUT2D eigenvalue weighted by Crippen LogP contribution is 2.58. The number of aliphatic hydroxyl groups is 1. The van der Waals surface area contributed by atoms with Gasteiger partial charge in [0, 0.05) is 41.7 Å². The maximum absolute atomic E-state index is 9.33. The number of nitrogens with one attached hydrogen (secondary N) is 2. The monoisotopic (exact) mass is 447 g/mol. The van der Waals surface area contributed by atoms with Crippen LogP contribution in [0.3, 0.4) is 0 Å². The number of aromatic nitrogens is 3. The van der Waals surface area contributed by atoms with Crippen molar-refractivity contribution in [1.29, 1.82) is 5.26 Å². The molecule has 9 heteroatoms. The summed E-state index contributed by atoms with van der Waals surface area (Å²) in [5.41, 5.74) is 1.21. The van der Waals surface area contributed by atoms with Crippen molar-refractivity contribution in [2.75, 3.05) is 10.6 Å². The van der Waals surface area contributed by atoms with Gasteiger partial charge in [0.1, 0.15) is 5.82 Å². The van der Waals surface area contributed by atoms with Crippen LogP contribution in [0.4, 0.5) is 16.9 Å². The quantitative estimate of drug-likeness (QED) is 0.502. The number of anilines is 3. The molecule has 164 valence electrons. The van der Waals surface area contributed by atoms with Crippen molar-refractivity contribution in [1.82, 2.24) is 19.9 Å². The lowest BCUT2D eigenvalue weighted by atomic mass is 9.57. The minimum absolute atomic E-state index is 0.0184. The fourth-order valence-corrected chi connectivity index (χ4v) is 6.73. The zero-order chi connectivity index (χ0) is 21.7. The topological polar surface area (TPSA) is 110 Å². The van der Waals surface area contributed by atoms with Crippen LogP contribution in [0.2, 0.25) is 0 Å². The Kier molecular flexibility index (Phi) is 4.75. The second-order valence-electron chi connectivity index (χ2n) is 9.15. The first-order valence-corrected chi connectivity index (χ1v) is 12.0. The van der Waals surface area contributed by atoms with E-state index in [9.17, 15) is 5.11 Å². The summed E-state index contributed by atoms with van der Waals surface area (Å²) in [7, 11) is 0. The van der Waals surface area contributed by atoms with Crippen LogP contribution < -0.4 is 10.6 Å². The van der Waals surface area contributed by atoms with Gasteiger partial charge in [0.05, 0.1) is 23.1 Å². The molecule has 2 aromatic heterocycles. The molecule has 5 heterocycles. The normalized spacial score (nSPS) is 28.3. The summed E-state index contributed by atoms with van der Waals surface area (Å²) in [4.78, 5) is 17.4. The van der Waals surface area contributed by atoms with Crippen LogP contribution in [0.5, 0.6) is 0 Å². The standard InChI is InChI=1S/C23H25N7OS/c24-7-3-6-23-10-15-8-14(9-16(11-23)30(15)23)26-21-27-19-5-2-1-4-18(19)20(28-21)29-22-25-12-17(13-31)32-22/h1-2,4-5,12,14-16,31H,3,6,8-11,13H2,(H2,25,26,27,28,29)/t14-,15+,16-,23?. The number of nitriles is 1. The Morgan fingerprint density at radius 3 is 2.78 bits per heavy atom. The van der Waals surface area contributed by atoms with E-state index in [1.165, 1.54) is 24.2 Å². The molecular weight excluding hydrogens is 422 g/mol. The molecule has 1 unspecified atom stereocenters. The minimum atomic E-state index is -0.0184. The molecule has 0 aliphatic carbocycles. The van der Waals surface area contributed by atoms with Crippen molar-refractivity contribution in [3.05, 3.63) is 35.3 Å². The summed E-state index contributed by atoms with van der Waals surface area (Å²) in [5.74, 6) is 1.36. The summed E-state index contributed by atoms with van der Waals surface area (Å²) in [6, 6.07) is 11.9. The molecule has 3 aromatic rings. The molecule has 6 rings (SSSR count). The van der Waals surface area contributed by atoms with Crippen molar-refractivity contribution in [2.24, 2.45) is 0 Å². The highest BCUT2D eigenvalue weighted by atomic mass is 32.1. The third kappa shape index (κ3) is 3.22. The van der Waals surface area contributed by atoms with Gasteiger partial charge in [-0.05, 0) is 44.2 Å². The Balaban J connectivity index is 1.20. The van der Waals surface area contributed by atoms with E-state index in [1.54, 1.807) is 6.20 Å². The molecule has 0 saturated carbocycles. The molecule has 32 heavy (non-hydrogen) atoms. The Labute approximate surface area is 190 Å². The molecule has 3 N–H and O–H groups in total. The predicted octanol–water partition coefficient (Wildman–Crippen LogP) is 3.79. The van der Waals surface area contributed by atoms with Gasteiger partial charge in [0.15, 0.2) is 5.13 Å². The molecule has 0 radical (unpaired) electrons. The number of hydrogen-bond donors (Lipinski definition) is 3. The smallest absolute Gasteiger partial charge is 0.225 e. The molecule has 8 nitrogen and oxygen atoms in total. The third-order valence-corrected chi connectivity index (χ3v) is 8.15. The van der Waals surface area contributed by atoms with Gasteiger partial charge < -0.3 is 15.7 Å². The number of fused-ring (bicyclic) bond motifs is 1. The van der Waals surface area contributed by atoms with Crippen LogP contribution in [-0.4, -0.2) is 48.6 Å². The number of thiazole rings is 1. The van der Waals surface area contributed by atoms with E-state index in [0.29, 0.717) is 41.2 Å². The Morgan fingerprint density at radius 1 is 1.22 bits per heavy atom. The number of nitrogens with zero attached hydrogens (tertiary/aromatic N) is 5. The van der Waals surface area contributed by atoms with Gasteiger partial charge in [-0.15, -0.1) is 0 Å². The average molecular weight is 448 g/mol. The van der Waals surface area contributed by atoms with Crippen LogP contribution in [0.1, 0.15) is 43.4 Å². The van der Waals surface area contributed by atoms with Crippen LogP contribution in [0, 0.1) is 11.3 Å². The number of hydrogen-bond acceptors (Lipinski definition) is 9. The van der Waals surface area contributed by atoms with E-state index in [2.05, 4.69) is 26.6 Å². The largest absolute Gasteiger partial charge is 0.391 e. The second kappa shape index (κ2) is 7.66. The number of rotatable bonds is 7. The first-order chi connectivity index (χ1) is 15.7. The Hall–Kier alpha value is -2.80. The molecule has 0 bridgehead atoms. The molecule has 4 atom stereocenters. The molecule has 0 spiro atoms. The van der Waals surface area contributed by atoms with E-state index >= 15 is 0 Å². The fraction of sp³-hybridized carbons (Fsp3) is 0.478. The summed E-state index contributed by atoms with van der Waals surface area (Å²) < 4.78 is 0. The van der Waals surface area contributed by atoms with Crippen LogP contribution in [-0.2, 0) is 6.61 Å². The van der Waals surface area contributed by atoms with Crippen molar-refractivity contribution < 1.29 is 5.11 Å². The summed E-state index contributed by atoms with van der Waals surface area (Å²) in [5, 5.41) is 26.9. The summed E-state index contributed by atoms with van der Waals surface area (Å²) in [6.45, 7) is -0.0184. The third-order valence-electron chi connectivity index (χ3n) is 7.25. The number of benzene rings is 1. The zero-order valence-corrected chi connectivity index (χ0v) is 18.5. The van der Waals surface area contributed by atoms with Crippen LogP contribution in [0.15, 0.2) is 30.5 Å². The lowest BCUT2D eigenvalue weighted by Crippen LogP contribution is -2.81. The van der Waals surface area contributed by atoms with Gasteiger partial charge in [-0.3, -0.25) is 4.90 Å². The highest BCUT2D eigenvalue weighted by Gasteiger charge is 2.64. The first kappa shape index (κ1) is 19.9. The van der Waals surface area contributed by atoms with E-state index < -0.39 is 0 Å². The first-order valence-electron chi connectivity index (χ1n) is 11.2. The maximum atomic E-state index is 9.33. The van der Waals surface area contributed by atoms with Crippen molar-refractivity contribution in [3.8, 4) is 6.07 Å². The number of piperidine rings is 2. The zero-order valence-electron chi connectivity index (χ0n) is 17.7. The average Bonchev–Trinajstić information content (AvgIpc) is 3.22. The van der Waals surface area contributed by atoms with E-state index in [0.717, 1.165) is 40.9 Å². The summed E-state index contributed by atoms with van der Waals surface area (Å²) in [6.07, 6.45) is 7.98.